The van der Waals surface area contributed by atoms with Crippen LogP contribution in [-0.4, -0.2) is 15.6 Å². The second kappa shape index (κ2) is 6.39. The van der Waals surface area contributed by atoms with Crippen LogP contribution in [0.2, 0.25) is 5.02 Å². The van der Waals surface area contributed by atoms with E-state index in [1.807, 2.05) is 26.8 Å². The lowest BCUT2D eigenvalue weighted by Crippen LogP contribution is -2.24. The van der Waals surface area contributed by atoms with Crippen LogP contribution in [0.3, 0.4) is 0 Å². The Balaban J connectivity index is 2.39. The Kier molecular flexibility index (Phi) is 4.71. The van der Waals surface area contributed by atoms with Crippen molar-refractivity contribution in [1.29, 1.82) is 5.26 Å². The molecule has 23 heavy (non-hydrogen) atoms. The molecule has 0 amide bonds. The smallest absolute Gasteiger partial charge is 0.222 e. The van der Waals surface area contributed by atoms with E-state index in [4.69, 9.17) is 21.6 Å². The zero-order valence-corrected chi connectivity index (χ0v) is 14.0. The molecule has 0 aliphatic carbocycles. The van der Waals surface area contributed by atoms with E-state index in [9.17, 15) is 4.39 Å². The van der Waals surface area contributed by atoms with Crippen molar-refractivity contribution in [2.24, 2.45) is 0 Å². The summed E-state index contributed by atoms with van der Waals surface area (Å²) in [6.07, 6.45) is 1.33. The van der Waals surface area contributed by atoms with Crippen molar-refractivity contribution in [3.05, 3.63) is 40.4 Å². The zero-order valence-electron chi connectivity index (χ0n) is 13.2. The average Bonchev–Trinajstić information content (AvgIpc) is 2.44. The Labute approximate surface area is 139 Å². The summed E-state index contributed by atoms with van der Waals surface area (Å²) in [5.41, 5.74) is 0.402. The van der Waals surface area contributed by atoms with Crippen LogP contribution in [0.5, 0.6) is 5.88 Å². The summed E-state index contributed by atoms with van der Waals surface area (Å²) in [5, 5.41) is 11.8. The van der Waals surface area contributed by atoms with Gasteiger partial charge in [0.05, 0.1) is 27.9 Å². The minimum atomic E-state index is -0.634. The minimum absolute atomic E-state index is 0.0502. The molecule has 7 heteroatoms. The molecule has 0 spiro atoms. The van der Waals surface area contributed by atoms with Gasteiger partial charge in [0.15, 0.2) is 0 Å². The molecule has 0 unspecified atom stereocenters. The second-order valence-electron chi connectivity index (χ2n) is 5.92. The number of hydrogen-bond donors (Lipinski definition) is 1. The van der Waals surface area contributed by atoms with Crippen LogP contribution in [0, 0.1) is 24.1 Å². The van der Waals surface area contributed by atoms with E-state index in [0.717, 1.165) is 6.07 Å². The summed E-state index contributed by atoms with van der Waals surface area (Å²) in [6, 6.07) is 4.34. The fourth-order valence-corrected chi connectivity index (χ4v) is 2.08. The largest absolute Gasteiger partial charge is 0.472 e. The quantitative estimate of drug-likeness (QED) is 0.902. The molecule has 1 aromatic carbocycles. The standard InChI is InChI=1S/C16H16ClFN4O/c1-9-14(20-8-21-15(9)23-16(2,3)4)22-13-11(17)5-10(7-19)6-12(13)18/h5-6,8H,1-4H3,(H,20,21,22). The molecule has 0 aliphatic heterocycles. The first-order valence-electron chi connectivity index (χ1n) is 6.88. The maximum Gasteiger partial charge on any atom is 0.222 e. The van der Waals surface area contributed by atoms with Crippen LogP contribution in [0.25, 0.3) is 0 Å². The number of nitrogens with zero attached hydrogens (tertiary/aromatic N) is 3. The predicted octanol–water partition coefficient (Wildman–Crippen LogP) is 4.37. The fourth-order valence-electron chi connectivity index (χ4n) is 1.83. The highest BCUT2D eigenvalue weighted by Crippen LogP contribution is 2.32. The second-order valence-corrected chi connectivity index (χ2v) is 6.33. The van der Waals surface area contributed by atoms with Crippen LogP contribution in [0.15, 0.2) is 18.5 Å². The highest BCUT2D eigenvalue weighted by Gasteiger charge is 2.18. The van der Waals surface area contributed by atoms with Gasteiger partial charge in [-0.25, -0.2) is 14.4 Å². The lowest BCUT2D eigenvalue weighted by atomic mass is 10.2. The van der Waals surface area contributed by atoms with Gasteiger partial charge in [-0.2, -0.15) is 5.26 Å². The first-order valence-corrected chi connectivity index (χ1v) is 7.26. The lowest BCUT2D eigenvalue weighted by molar-refractivity contribution is 0.123. The van der Waals surface area contributed by atoms with Crippen molar-refractivity contribution >= 4 is 23.1 Å². The number of benzene rings is 1. The topological polar surface area (TPSA) is 70.8 Å². The molecule has 0 atom stereocenters. The van der Waals surface area contributed by atoms with E-state index < -0.39 is 11.4 Å². The zero-order chi connectivity index (χ0) is 17.2. The van der Waals surface area contributed by atoms with E-state index in [1.165, 1.54) is 12.4 Å². The first-order chi connectivity index (χ1) is 10.7. The number of aromatic nitrogens is 2. The number of nitrogens with one attached hydrogen (secondary N) is 1. The van der Waals surface area contributed by atoms with E-state index in [2.05, 4.69) is 15.3 Å². The highest BCUT2D eigenvalue weighted by atomic mass is 35.5. The molecular weight excluding hydrogens is 319 g/mol. The molecule has 2 rings (SSSR count). The van der Waals surface area contributed by atoms with Crippen molar-refractivity contribution in [1.82, 2.24) is 9.97 Å². The normalized spacial score (nSPS) is 11.0. The third-order valence-corrected chi connectivity index (χ3v) is 3.15. The Bertz CT molecular complexity index is 758. The number of nitriles is 1. The molecule has 0 saturated carbocycles. The van der Waals surface area contributed by atoms with Gasteiger partial charge in [0.25, 0.3) is 0 Å². The summed E-state index contributed by atoms with van der Waals surface area (Å²) in [6.45, 7) is 7.47. The molecule has 1 heterocycles. The number of ether oxygens (including phenoxy) is 1. The van der Waals surface area contributed by atoms with Gasteiger partial charge >= 0.3 is 0 Å². The monoisotopic (exact) mass is 334 g/mol. The fraction of sp³-hybridized carbons (Fsp3) is 0.312. The van der Waals surface area contributed by atoms with Crippen LogP contribution in [0.1, 0.15) is 31.9 Å². The summed E-state index contributed by atoms with van der Waals surface area (Å²) < 4.78 is 19.9. The van der Waals surface area contributed by atoms with Gasteiger partial charge in [0, 0.05) is 0 Å². The van der Waals surface area contributed by atoms with Gasteiger partial charge in [-0.05, 0) is 39.8 Å². The third-order valence-electron chi connectivity index (χ3n) is 2.86. The molecule has 1 N–H and O–H groups in total. The van der Waals surface area contributed by atoms with E-state index >= 15 is 0 Å². The summed E-state index contributed by atoms with van der Waals surface area (Å²) in [5.74, 6) is 0.148. The minimum Gasteiger partial charge on any atom is -0.472 e. The molecule has 0 fully saturated rings. The predicted molar refractivity (Wildman–Crippen MR) is 86.6 cm³/mol. The Morgan fingerprint density at radius 1 is 1.30 bits per heavy atom. The maximum absolute atomic E-state index is 14.1. The van der Waals surface area contributed by atoms with Crippen LogP contribution in [-0.2, 0) is 0 Å². The number of anilines is 2. The molecular formula is C16H16ClFN4O. The maximum atomic E-state index is 14.1. The number of rotatable bonds is 3. The van der Waals surface area contributed by atoms with Gasteiger partial charge in [0.2, 0.25) is 5.88 Å². The first kappa shape index (κ1) is 17.0. The number of halogens is 2. The average molecular weight is 335 g/mol. The molecule has 1 aromatic heterocycles. The molecule has 2 aromatic rings. The van der Waals surface area contributed by atoms with Crippen molar-refractivity contribution < 1.29 is 9.13 Å². The van der Waals surface area contributed by atoms with Gasteiger partial charge in [-0.3, -0.25) is 0 Å². The molecule has 0 saturated heterocycles. The highest BCUT2D eigenvalue weighted by molar-refractivity contribution is 6.33. The van der Waals surface area contributed by atoms with E-state index in [0.29, 0.717) is 17.3 Å². The summed E-state index contributed by atoms with van der Waals surface area (Å²) >= 11 is 6.03. The van der Waals surface area contributed by atoms with Gasteiger partial charge in [0.1, 0.15) is 23.6 Å². The molecule has 0 aliphatic rings. The number of hydrogen-bond acceptors (Lipinski definition) is 5. The van der Waals surface area contributed by atoms with Gasteiger partial charge in [-0.15, -0.1) is 0 Å². The molecule has 0 bridgehead atoms. The van der Waals surface area contributed by atoms with Crippen molar-refractivity contribution in [3.8, 4) is 11.9 Å². The van der Waals surface area contributed by atoms with Crippen molar-refractivity contribution in [2.45, 2.75) is 33.3 Å². The lowest BCUT2D eigenvalue weighted by Gasteiger charge is -2.22. The van der Waals surface area contributed by atoms with Gasteiger partial charge < -0.3 is 10.1 Å². The van der Waals surface area contributed by atoms with E-state index in [-0.39, 0.29) is 16.3 Å². The third kappa shape index (κ3) is 4.08. The van der Waals surface area contributed by atoms with Crippen LogP contribution >= 0.6 is 11.6 Å². The molecule has 0 radical (unpaired) electrons. The van der Waals surface area contributed by atoms with Crippen LogP contribution in [0.4, 0.5) is 15.9 Å². The SMILES string of the molecule is Cc1c(Nc2c(F)cc(C#N)cc2Cl)ncnc1OC(C)(C)C. The Hall–Kier alpha value is -2.39. The van der Waals surface area contributed by atoms with Crippen LogP contribution < -0.4 is 10.1 Å². The van der Waals surface area contributed by atoms with Crippen molar-refractivity contribution in [2.75, 3.05) is 5.32 Å². The van der Waals surface area contributed by atoms with E-state index in [1.54, 1.807) is 6.92 Å². The van der Waals surface area contributed by atoms with Gasteiger partial charge in [-0.1, -0.05) is 11.6 Å². The molecule has 120 valence electrons. The Morgan fingerprint density at radius 2 is 2.00 bits per heavy atom. The summed E-state index contributed by atoms with van der Waals surface area (Å²) in [7, 11) is 0. The summed E-state index contributed by atoms with van der Waals surface area (Å²) in [4.78, 5) is 8.19. The van der Waals surface area contributed by atoms with Crippen molar-refractivity contribution in [3.63, 3.8) is 0 Å². The Morgan fingerprint density at radius 3 is 2.57 bits per heavy atom. The molecule has 5 nitrogen and oxygen atoms in total.